The Morgan fingerprint density at radius 1 is 1.10 bits per heavy atom. The summed E-state index contributed by atoms with van der Waals surface area (Å²) in [6, 6.07) is 0. The summed E-state index contributed by atoms with van der Waals surface area (Å²) in [7, 11) is 0. The first kappa shape index (κ1) is 23.3. The molecule has 0 saturated heterocycles. The molecule has 0 spiro atoms. The Labute approximate surface area is 192 Å². The minimum Gasteiger partial charge on any atom is -0.299 e. The van der Waals surface area contributed by atoms with Crippen LogP contribution in [0.4, 0.5) is 0 Å². The van der Waals surface area contributed by atoms with Crippen molar-refractivity contribution in [2.75, 3.05) is 0 Å². The summed E-state index contributed by atoms with van der Waals surface area (Å²) in [6.45, 7) is 19.3. The molecule has 0 bridgehead atoms. The lowest BCUT2D eigenvalue weighted by atomic mass is 9.41. The van der Waals surface area contributed by atoms with E-state index >= 15 is 0 Å². The number of allylic oxidation sites excluding steroid dienone is 4. The predicted octanol–water partition coefficient (Wildman–Crippen LogP) is 8.54. The Hall–Kier alpha value is -0.850. The fourth-order valence-corrected chi connectivity index (χ4v) is 9.30. The average Bonchev–Trinajstić information content (AvgIpc) is 2.96. The number of hydrogen-bond donors (Lipinski definition) is 0. The fraction of sp³-hybridized carbons (Fsp3) is 0.833. The van der Waals surface area contributed by atoms with Gasteiger partial charge in [-0.25, -0.2) is 0 Å². The van der Waals surface area contributed by atoms with Gasteiger partial charge in [-0.1, -0.05) is 64.8 Å². The van der Waals surface area contributed by atoms with Crippen molar-refractivity contribution >= 4 is 5.78 Å². The Morgan fingerprint density at radius 2 is 1.81 bits per heavy atom. The lowest BCUT2D eigenvalue weighted by Crippen LogP contribution is -2.57. The highest BCUT2D eigenvalue weighted by Gasteiger charge is 2.65. The number of carbonyl (C=O) groups is 1. The van der Waals surface area contributed by atoms with Crippen molar-refractivity contribution in [1.29, 1.82) is 0 Å². The van der Waals surface area contributed by atoms with Crippen LogP contribution in [-0.4, -0.2) is 5.78 Å². The van der Waals surface area contributed by atoms with Gasteiger partial charge in [0, 0.05) is 11.8 Å². The van der Waals surface area contributed by atoms with E-state index in [0.29, 0.717) is 33.9 Å². The highest BCUT2D eigenvalue weighted by molar-refractivity contribution is 5.85. The number of fused-ring (bicyclic) bond motifs is 5. The first-order chi connectivity index (χ1) is 14.4. The van der Waals surface area contributed by atoms with Crippen LogP contribution in [0.1, 0.15) is 113 Å². The second kappa shape index (κ2) is 7.59. The van der Waals surface area contributed by atoms with Gasteiger partial charge in [0.05, 0.1) is 0 Å². The van der Waals surface area contributed by atoms with E-state index in [4.69, 9.17) is 0 Å². The minimum absolute atomic E-state index is 0.158. The molecular weight excluding hydrogens is 376 g/mol. The number of Topliss-reactive ketones (excluding diaryl/α,β-unsaturated/α-hetero) is 1. The van der Waals surface area contributed by atoms with Crippen molar-refractivity contribution in [2.24, 2.45) is 45.3 Å². The molecule has 0 radical (unpaired) electrons. The summed E-state index contributed by atoms with van der Waals surface area (Å²) < 4.78 is 0. The van der Waals surface area contributed by atoms with Crippen molar-refractivity contribution in [3.63, 3.8) is 0 Å². The van der Waals surface area contributed by atoms with Crippen molar-refractivity contribution in [3.05, 3.63) is 23.3 Å². The molecule has 7 atom stereocenters. The average molecular weight is 425 g/mol. The van der Waals surface area contributed by atoms with Crippen molar-refractivity contribution < 1.29 is 4.79 Å². The van der Waals surface area contributed by atoms with Gasteiger partial charge in [-0.05, 0) is 105 Å². The van der Waals surface area contributed by atoms with Crippen LogP contribution >= 0.6 is 0 Å². The molecule has 3 fully saturated rings. The Morgan fingerprint density at radius 3 is 2.48 bits per heavy atom. The molecule has 0 heterocycles. The highest BCUT2D eigenvalue weighted by Crippen LogP contribution is 2.73. The summed E-state index contributed by atoms with van der Waals surface area (Å²) in [5.74, 6) is 3.36. The molecule has 0 unspecified atom stereocenters. The topological polar surface area (TPSA) is 17.1 Å². The van der Waals surface area contributed by atoms with Gasteiger partial charge in [0.15, 0.2) is 0 Å². The third-order valence-electron chi connectivity index (χ3n) is 11.5. The van der Waals surface area contributed by atoms with E-state index in [1.807, 2.05) is 5.57 Å². The second-order valence-corrected chi connectivity index (χ2v) is 13.4. The van der Waals surface area contributed by atoms with Gasteiger partial charge in [-0.15, -0.1) is 0 Å². The maximum Gasteiger partial charge on any atom is 0.138 e. The van der Waals surface area contributed by atoms with E-state index in [9.17, 15) is 4.79 Å². The van der Waals surface area contributed by atoms with Crippen LogP contribution in [0.25, 0.3) is 0 Å². The van der Waals surface area contributed by atoms with Gasteiger partial charge >= 0.3 is 0 Å². The highest BCUT2D eigenvalue weighted by atomic mass is 16.1. The molecule has 0 aliphatic heterocycles. The second-order valence-electron chi connectivity index (χ2n) is 13.4. The normalized spacial score (nSPS) is 44.6. The largest absolute Gasteiger partial charge is 0.299 e. The molecule has 4 aliphatic rings. The van der Waals surface area contributed by atoms with E-state index in [1.165, 1.54) is 44.1 Å². The van der Waals surface area contributed by atoms with Gasteiger partial charge in [-0.3, -0.25) is 4.79 Å². The quantitative estimate of drug-likeness (QED) is 0.413. The Balaban J connectivity index is 1.63. The molecule has 4 rings (SSSR count). The van der Waals surface area contributed by atoms with Crippen LogP contribution in [0.2, 0.25) is 0 Å². The molecule has 0 aromatic heterocycles. The zero-order chi connectivity index (χ0) is 22.8. The number of hydrogen-bond acceptors (Lipinski definition) is 1. The molecule has 4 aliphatic carbocycles. The van der Waals surface area contributed by atoms with E-state index in [1.54, 1.807) is 0 Å². The van der Waals surface area contributed by atoms with E-state index in [0.717, 1.165) is 31.1 Å². The summed E-state index contributed by atoms with van der Waals surface area (Å²) >= 11 is 0. The Bertz CT molecular complexity index is 795. The molecule has 31 heavy (non-hydrogen) atoms. The lowest BCUT2D eigenvalue weighted by molar-refractivity contribution is -0.146. The predicted molar refractivity (Wildman–Crippen MR) is 132 cm³/mol. The SMILES string of the molecule is CC(C)=CCC[C@H](C)[C@@H]1CC[C@]2(C)C3=CC[C@@H]4C(C)(C)C(=O)CC[C@]4(C)[C@@H]3CC[C@@]12C. The third-order valence-corrected chi connectivity index (χ3v) is 11.5. The molecule has 174 valence electrons. The fourth-order valence-electron chi connectivity index (χ4n) is 9.30. The standard InChI is InChI=1S/C30H48O/c1-20(2)10-9-11-21(3)22-14-18-30(8)24-12-13-25-27(4,5)26(31)16-17-28(25,6)23(24)15-19-29(22,30)7/h10,12,21-23,25H,9,11,13-19H2,1-8H3/t21-,22-,23+,25+,28+,29-,30+/m0/s1. The molecule has 0 aromatic carbocycles. The number of rotatable bonds is 4. The number of ketones is 1. The Kier molecular flexibility index (Phi) is 5.71. The van der Waals surface area contributed by atoms with Gasteiger partial charge in [0.2, 0.25) is 0 Å². The first-order valence-corrected chi connectivity index (χ1v) is 13.2. The van der Waals surface area contributed by atoms with Crippen LogP contribution in [-0.2, 0) is 4.79 Å². The smallest absolute Gasteiger partial charge is 0.138 e. The van der Waals surface area contributed by atoms with Gasteiger partial charge in [-0.2, -0.15) is 0 Å². The molecule has 1 heteroatoms. The van der Waals surface area contributed by atoms with Crippen LogP contribution in [0, 0.1) is 45.3 Å². The molecule has 0 amide bonds. The van der Waals surface area contributed by atoms with Crippen LogP contribution in [0.5, 0.6) is 0 Å². The molecule has 0 aromatic rings. The number of carbonyl (C=O) groups excluding carboxylic acids is 1. The molecule has 0 N–H and O–H groups in total. The third kappa shape index (κ3) is 3.26. The van der Waals surface area contributed by atoms with Gasteiger partial charge in [0.1, 0.15) is 5.78 Å². The lowest BCUT2D eigenvalue weighted by Gasteiger charge is -2.63. The maximum atomic E-state index is 12.8. The summed E-state index contributed by atoms with van der Waals surface area (Å²) in [5.41, 5.74) is 4.20. The summed E-state index contributed by atoms with van der Waals surface area (Å²) in [5, 5.41) is 0. The molecule has 1 nitrogen and oxygen atoms in total. The van der Waals surface area contributed by atoms with Crippen LogP contribution in [0.15, 0.2) is 23.3 Å². The van der Waals surface area contributed by atoms with Crippen molar-refractivity contribution in [2.45, 2.75) is 113 Å². The van der Waals surface area contributed by atoms with Gasteiger partial charge < -0.3 is 0 Å². The van der Waals surface area contributed by atoms with Crippen molar-refractivity contribution in [3.8, 4) is 0 Å². The van der Waals surface area contributed by atoms with Crippen LogP contribution < -0.4 is 0 Å². The van der Waals surface area contributed by atoms with E-state index in [-0.39, 0.29) is 5.41 Å². The minimum atomic E-state index is -0.158. The summed E-state index contributed by atoms with van der Waals surface area (Å²) in [6.07, 6.45) is 16.2. The van der Waals surface area contributed by atoms with Crippen LogP contribution in [0.3, 0.4) is 0 Å². The first-order valence-electron chi connectivity index (χ1n) is 13.2. The zero-order valence-electron chi connectivity index (χ0n) is 21.7. The summed E-state index contributed by atoms with van der Waals surface area (Å²) in [4.78, 5) is 12.8. The monoisotopic (exact) mass is 424 g/mol. The van der Waals surface area contributed by atoms with Gasteiger partial charge in [0.25, 0.3) is 0 Å². The van der Waals surface area contributed by atoms with E-state index < -0.39 is 0 Å². The molecular formula is C30H48O. The maximum absolute atomic E-state index is 12.8. The zero-order valence-corrected chi connectivity index (χ0v) is 21.7. The van der Waals surface area contributed by atoms with E-state index in [2.05, 4.69) is 67.5 Å². The molecule has 3 saturated carbocycles. The van der Waals surface area contributed by atoms with Crippen molar-refractivity contribution in [1.82, 2.24) is 0 Å².